The van der Waals surface area contributed by atoms with Crippen LogP contribution in [0, 0.1) is 11.3 Å². The molecule has 2 aromatic carbocycles. The van der Waals surface area contributed by atoms with E-state index in [-0.39, 0.29) is 11.2 Å². The molecule has 1 saturated carbocycles. The summed E-state index contributed by atoms with van der Waals surface area (Å²) in [7, 11) is 3.31. The summed E-state index contributed by atoms with van der Waals surface area (Å²) in [5.74, 6) is 2.19. The van der Waals surface area contributed by atoms with Gasteiger partial charge < -0.3 is 9.47 Å². The number of allylic oxidation sites excluding steroid dienone is 2. The van der Waals surface area contributed by atoms with E-state index in [4.69, 9.17) is 9.47 Å². The van der Waals surface area contributed by atoms with Crippen molar-refractivity contribution in [2.24, 2.45) is 11.3 Å². The van der Waals surface area contributed by atoms with Crippen LogP contribution in [-0.4, -0.2) is 20.0 Å². The Hall–Kier alpha value is -2.81. The zero-order chi connectivity index (χ0) is 21.0. The van der Waals surface area contributed by atoms with Gasteiger partial charge in [0.05, 0.1) is 14.2 Å². The number of rotatable bonds is 4. The van der Waals surface area contributed by atoms with Gasteiger partial charge in [0.2, 0.25) is 0 Å². The Morgan fingerprint density at radius 1 is 0.759 bits per heavy atom. The van der Waals surface area contributed by atoms with Crippen molar-refractivity contribution in [3.63, 3.8) is 0 Å². The maximum absolute atomic E-state index is 13.3. The molecule has 0 aromatic heterocycles. The monoisotopic (exact) mass is 390 g/mol. The molecule has 1 aliphatic rings. The summed E-state index contributed by atoms with van der Waals surface area (Å²) < 4.78 is 10.5. The van der Waals surface area contributed by atoms with Crippen molar-refractivity contribution in [2.75, 3.05) is 14.2 Å². The van der Waals surface area contributed by atoms with Gasteiger partial charge in [0.1, 0.15) is 11.5 Å². The molecular weight excluding hydrogens is 360 g/mol. The predicted molar refractivity (Wildman–Crippen MR) is 119 cm³/mol. The smallest absolute Gasteiger partial charge is 0.185 e. The summed E-state index contributed by atoms with van der Waals surface area (Å²) in [6.07, 6.45) is 5.66. The number of ketones is 1. The first-order valence-corrected chi connectivity index (χ1v) is 10.0. The lowest BCUT2D eigenvalue weighted by atomic mass is 9.68. The predicted octanol–water partition coefficient (Wildman–Crippen LogP) is 6.20. The lowest BCUT2D eigenvalue weighted by Gasteiger charge is -2.35. The van der Waals surface area contributed by atoms with Gasteiger partial charge in [-0.2, -0.15) is 0 Å². The van der Waals surface area contributed by atoms with E-state index >= 15 is 0 Å². The summed E-state index contributed by atoms with van der Waals surface area (Å²) in [5.41, 5.74) is 3.92. The van der Waals surface area contributed by atoms with Crippen LogP contribution in [0.2, 0.25) is 0 Å². The molecule has 0 spiro atoms. The van der Waals surface area contributed by atoms with Gasteiger partial charge in [0.15, 0.2) is 5.78 Å². The van der Waals surface area contributed by atoms with E-state index in [1.54, 1.807) is 14.2 Å². The van der Waals surface area contributed by atoms with E-state index in [0.717, 1.165) is 46.6 Å². The highest BCUT2D eigenvalue weighted by atomic mass is 16.5. The molecule has 1 unspecified atom stereocenters. The number of methoxy groups -OCH3 is 2. The van der Waals surface area contributed by atoms with Crippen molar-refractivity contribution in [1.29, 1.82) is 0 Å². The number of carbonyl (C=O) groups excluding carboxylic acids is 1. The molecule has 0 saturated heterocycles. The second-order valence-corrected chi connectivity index (χ2v) is 8.69. The molecule has 3 nitrogen and oxygen atoms in total. The lowest BCUT2D eigenvalue weighted by Crippen LogP contribution is -2.29. The normalized spacial score (nSPS) is 20.2. The van der Waals surface area contributed by atoms with Crippen molar-refractivity contribution < 1.29 is 14.3 Å². The summed E-state index contributed by atoms with van der Waals surface area (Å²) >= 11 is 0. The molecule has 0 N–H and O–H groups in total. The van der Waals surface area contributed by atoms with Gasteiger partial charge in [0, 0.05) is 11.1 Å². The van der Waals surface area contributed by atoms with Crippen LogP contribution in [0.3, 0.4) is 0 Å². The van der Waals surface area contributed by atoms with E-state index in [9.17, 15) is 4.79 Å². The molecule has 3 heteroatoms. The fraction of sp³-hybridized carbons (Fsp3) is 0.346. The van der Waals surface area contributed by atoms with E-state index in [2.05, 4.69) is 20.8 Å². The van der Waals surface area contributed by atoms with Crippen LogP contribution in [0.1, 0.15) is 44.7 Å². The van der Waals surface area contributed by atoms with Crippen molar-refractivity contribution in [3.8, 4) is 11.5 Å². The number of hydrogen-bond donors (Lipinski definition) is 0. The maximum atomic E-state index is 13.3. The molecule has 0 radical (unpaired) electrons. The third kappa shape index (κ3) is 5.17. The highest BCUT2D eigenvalue weighted by molar-refractivity contribution is 6.14. The highest BCUT2D eigenvalue weighted by Gasteiger charge is 2.34. The molecule has 29 heavy (non-hydrogen) atoms. The number of hydrogen-bond acceptors (Lipinski definition) is 3. The summed E-state index contributed by atoms with van der Waals surface area (Å²) in [5, 5.41) is 0. The molecule has 1 aliphatic carbocycles. The molecule has 1 fully saturated rings. The van der Waals surface area contributed by atoms with E-state index in [0.29, 0.717) is 5.92 Å². The highest BCUT2D eigenvalue weighted by Crippen LogP contribution is 2.42. The third-order valence-electron chi connectivity index (χ3n) is 5.65. The summed E-state index contributed by atoms with van der Waals surface area (Å²) in [6.45, 7) is 6.76. The minimum absolute atomic E-state index is 0.124. The van der Waals surface area contributed by atoms with Crippen molar-refractivity contribution in [2.45, 2.75) is 33.6 Å². The van der Waals surface area contributed by atoms with Crippen molar-refractivity contribution in [1.82, 2.24) is 0 Å². The van der Waals surface area contributed by atoms with Crippen LogP contribution >= 0.6 is 0 Å². The first-order chi connectivity index (χ1) is 13.8. The van der Waals surface area contributed by atoms with Gasteiger partial charge >= 0.3 is 0 Å². The van der Waals surface area contributed by atoms with Crippen LogP contribution in [0.4, 0.5) is 0 Å². The Balaban J connectivity index is 1.96. The van der Waals surface area contributed by atoms with Crippen molar-refractivity contribution >= 4 is 17.9 Å². The molecule has 2 aromatic rings. The molecule has 1 atom stereocenters. The first kappa shape index (κ1) is 20.9. The molecule has 0 heterocycles. The van der Waals surface area contributed by atoms with Gasteiger partial charge in [0.25, 0.3) is 0 Å². The second kappa shape index (κ2) is 8.69. The Kier molecular flexibility index (Phi) is 6.26. The molecule has 3 rings (SSSR count). The minimum Gasteiger partial charge on any atom is -0.497 e. The Labute approximate surface area is 174 Å². The number of ether oxygens (including phenoxy) is 2. The average molecular weight is 391 g/mol. The zero-order valence-electron chi connectivity index (χ0n) is 18.0. The molecular formula is C26H30O3. The van der Waals surface area contributed by atoms with Crippen LogP contribution in [0.15, 0.2) is 59.7 Å². The second-order valence-electron chi connectivity index (χ2n) is 8.69. The largest absolute Gasteiger partial charge is 0.497 e. The Morgan fingerprint density at radius 3 is 1.45 bits per heavy atom. The molecule has 0 aliphatic heterocycles. The zero-order valence-corrected chi connectivity index (χ0v) is 18.0. The topological polar surface area (TPSA) is 35.5 Å². The van der Waals surface area contributed by atoms with E-state index in [1.807, 2.05) is 60.7 Å². The van der Waals surface area contributed by atoms with Crippen LogP contribution in [0.5, 0.6) is 11.5 Å². The summed E-state index contributed by atoms with van der Waals surface area (Å²) in [4.78, 5) is 13.3. The van der Waals surface area contributed by atoms with E-state index < -0.39 is 0 Å². The maximum Gasteiger partial charge on any atom is 0.185 e. The van der Waals surface area contributed by atoms with Gasteiger partial charge in [-0.25, -0.2) is 0 Å². The number of benzene rings is 2. The molecule has 0 amide bonds. The van der Waals surface area contributed by atoms with E-state index in [1.165, 1.54) is 0 Å². The SMILES string of the molecule is COc1ccc(/C=C2/CC(C(C)(C)C)C/C(=C\c3ccc(OC)cc3)C2=O)cc1. The summed E-state index contributed by atoms with van der Waals surface area (Å²) in [6, 6.07) is 15.7. The number of carbonyl (C=O) groups is 1. The van der Waals surface area contributed by atoms with Gasteiger partial charge in [-0.15, -0.1) is 0 Å². The van der Waals surface area contributed by atoms with Crippen molar-refractivity contribution in [3.05, 3.63) is 70.8 Å². The Bertz CT molecular complexity index is 840. The van der Waals surface area contributed by atoms with Gasteiger partial charge in [-0.3, -0.25) is 4.79 Å². The third-order valence-corrected chi connectivity index (χ3v) is 5.65. The average Bonchev–Trinajstić information content (AvgIpc) is 2.71. The fourth-order valence-corrected chi connectivity index (χ4v) is 3.66. The fourth-order valence-electron chi connectivity index (χ4n) is 3.66. The molecule has 0 bridgehead atoms. The van der Waals surface area contributed by atoms with Crippen LogP contribution in [-0.2, 0) is 4.79 Å². The van der Waals surface area contributed by atoms with Crippen LogP contribution < -0.4 is 9.47 Å². The minimum atomic E-state index is 0.124. The molecule has 152 valence electrons. The first-order valence-electron chi connectivity index (χ1n) is 10.0. The van der Waals surface area contributed by atoms with Gasteiger partial charge in [-0.05, 0) is 71.7 Å². The Morgan fingerprint density at radius 2 is 1.14 bits per heavy atom. The quantitative estimate of drug-likeness (QED) is 0.583. The standard InChI is InChI=1S/C26H30O3/c1-26(2,3)22-16-20(14-18-6-10-23(28-4)11-7-18)25(27)21(17-22)15-19-8-12-24(29-5)13-9-19/h6-15,22H,16-17H2,1-5H3/b20-14-,21-15+. The number of Topliss-reactive ketones (excluding diaryl/α,β-unsaturated/α-hetero) is 1. The lowest BCUT2D eigenvalue weighted by molar-refractivity contribution is -0.113. The van der Waals surface area contributed by atoms with Crippen LogP contribution in [0.25, 0.3) is 12.2 Å². The van der Waals surface area contributed by atoms with Gasteiger partial charge in [-0.1, -0.05) is 45.0 Å².